The zero-order valence-corrected chi connectivity index (χ0v) is 18.4. The summed E-state index contributed by atoms with van der Waals surface area (Å²) in [4.78, 5) is 0. The van der Waals surface area contributed by atoms with Crippen LogP contribution in [0.5, 0.6) is 0 Å². The second-order valence-electron chi connectivity index (χ2n) is 8.08. The number of hydrogen-bond donors (Lipinski definition) is 0. The van der Waals surface area contributed by atoms with Gasteiger partial charge >= 0.3 is 0 Å². The average Bonchev–Trinajstić information content (AvgIpc) is 2.42. The van der Waals surface area contributed by atoms with E-state index in [9.17, 15) is 0 Å². The van der Waals surface area contributed by atoms with Crippen LogP contribution in [0.15, 0.2) is 0 Å². The molecule has 4 heteroatoms. The van der Waals surface area contributed by atoms with Gasteiger partial charge in [0.1, 0.15) is 5.60 Å². The summed E-state index contributed by atoms with van der Waals surface area (Å²) < 4.78 is 12.8. The molecule has 22 heavy (non-hydrogen) atoms. The highest BCUT2D eigenvalue weighted by atomic mass is 28.4. The normalized spacial score (nSPS) is 16.2. The Morgan fingerprint density at radius 3 is 1.73 bits per heavy atom. The summed E-state index contributed by atoms with van der Waals surface area (Å²) in [6, 6.07) is 3.53. The summed E-state index contributed by atoms with van der Waals surface area (Å²) in [7, 11) is -3.41. The first-order chi connectivity index (χ1) is 9.91. The van der Waals surface area contributed by atoms with Gasteiger partial charge < -0.3 is 8.85 Å². The van der Waals surface area contributed by atoms with Crippen molar-refractivity contribution in [3.8, 4) is 12.3 Å². The molecule has 0 aromatic heterocycles. The quantitative estimate of drug-likeness (QED) is 0.389. The Morgan fingerprint density at radius 2 is 1.41 bits per heavy atom. The van der Waals surface area contributed by atoms with E-state index in [0.29, 0.717) is 0 Å². The molecule has 0 aliphatic heterocycles. The second-order valence-corrected chi connectivity index (χ2v) is 17.6. The highest BCUT2D eigenvalue weighted by Gasteiger charge is 2.42. The first-order valence-corrected chi connectivity index (χ1v) is 14.2. The van der Waals surface area contributed by atoms with Crippen molar-refractivity contribution in [2.45, 2.75) is 96.8 Å². The molecule has 0 spiro atoms. The van der Waals surface area contributed by atoms with Gasteiger partial charge in [-0.1, -0.05) is 47.5 Å². The first kappa shape index (κ1) is 21.9. The maximum absolute atomic E-state index is 6.49. The van der Waals surface area contributed by atoms with Crippen LogP contribution in [-0.2, 0) is 8.85 Å². The van der Waals surface area contributed by atoms with Crippen LogP contribution in [0.1, 0.15) is 54.9 Å². The number of terminal acetylenes is 1. The van der Waals surface area contributed by atoms with Gasteiger partial charge in [0.15, 0.2) is 16.6 Å². The minimum atomic E-state index is -1.87. The summed E-state index contributed by atoms with van der Waals surface area (Å²) in [5.41, 5.74) is -0.516. The summed E-state index contributed by atoms with van der Waals surface area (Å²) in [5.74, 6) is 2.89. The lowest BCUT2D eigenvalue weighted by molar-refractivity contribution is 0.0996. The predicted octanol–water partition coefficient (Wildman–Crippen LogP) is 5.81. The van der Waals surface area contributed by atoms with E-state index in [1.54, 1.807) is 0 Å². The third kappa shape index (κ3) is 5.84. The topological polar surface area (TPSA) is 18.5 Å². The van der Waals surface area contributed by atoms with E-state index in [4.69, 9.17) is 15.3 Å². The monoisotopic (exact) mass is 342 g/mol. The molecular formula is C18H38O2Si2. The maximum atomic E-state index is 6.49. The molecule has 0 heterocycles. The van der Waals surface area contributed by atoms with Crippen LogP contribution in [0, 0.1) is 12.3 Å². The molecule has 130 valence electrons. The fraction of sp³-hybridized carbons (Fsp3) is 0.889. The van der Waals surface area contributed by atoms with Crippen LogP contribution in [0.2, 0.25) is 36.3 Å². The second kappa shape index (κ2) is 8.14. The minimum absolute atomic E-state index is 0.167. The van der Waals surface area contributed by atoms with Crippen molar-refractivity contribution in [3.63, 3.8) is 0 Å². The van der Waals surface area contributed by atoms with Gasteiger partial charge in [0.05, 0.1) is 0 Å². The SMILES string of the molecule is C#C[C@@](C)(CCO[Si](CC)(CC)CC)O[Si](C)(C)C(C)(C)C. The number of hydrogen-bond acceptors (Lipinski definition) is 2. The van der Waals surface area contributed by atoms with Crippen molar-refractivity contribution >= 4 is 16.6 Å². The van der Waals surface area contributed by atoms with E-state index < -0.39 is 22.2 Å². The van der Waals surface area contributed by atoms with Gasteiger partial charge in [-0.2, -0.15) is 0 Å². The van der Waals surface area contributed by atoms with Crippen molar-refractivity contribution in [3.05, 3.63) is 0 Å². The molecule has 0 radical (unpaired) electrons. The van der Waals surface area contributed by atoms with Crippen LogP contribution < -0.4 is 0 Å². The molecule has 0 aromatic carbocycles. The molecule has 0 rings (SSSR count). The average molecular weight is 343 g/mol. The fourth-order valence-corrected chi connectivity index (χ4v) is 6.63. The van der Waals surface area contributed by atoms with Crippen LogP contribution >= 0.6 is 0 Å². The van der Waals surface area contributed by atoms with Crippen LogP contribution in [0.25, 0.3) is 0 Å². The van der Waals surface area contributed by atoms with E-state index in [1.807, 2.05) is 6.92 Å². The third-order valence-electron chi connectivity index (χ3n) is 5.51. The molecule has 0 saturated carbocycles. The van der Waals surface area contributed by atoms with Crippen LogP contribution in [0.3, 0.4) is 0 Å². The van der Waals surface area contributed by atoms with Crippen LogP contribution in [-0.4, -0.2) is 28.8 Å². The molecule has 0 amide bonds. The molecule has 1 atom stereocenters. The van der Waals surface area contributed by atoms with Crippen molar-refractivity contribution in [1.82, 2.24) is 0 Å². The molecule has 0 saturated heterocycles. The zero-order chi connectivity index (χ0) is 17.7. The predicted molar refractivity (Wildman–Crippen MR) is 103 cm³/mol. The Kier molecular flexibility index (Phi) is 8.11. The van der Waals surface area contributed by atoms with E-state index in [2.05, 4.69) is 60.6 Å². The Bertz CT molecular complexity index is 367. The molecule has 0 aliphatic rings. The highest BCUT2D eigenvalue weighted by Crippen LogP contribution is 2.39. The number of rotatable bonds is 9. The van der Waals surface area contributed by atoms with Crippen LogP contribution in [0.4, 0.5) is 0 Å². The van der Waals surface area contributed by atoms with Crippen molar-refractivity contribution in [1.29, 1.82) is 0 Å². The maximum Gasteiger partial charge on any atom is 0.194 e. The van der Waals surface area contributed by atoms with Gasteiger partial charge in [-0.05, 0) is 43.2 Å². The fourth-order valence-electron chi connectivity index (χ4n) is 2.39. The van der Waals surface area contributed by atoms with E-state index in [0.717, 1.165) is 13.0 Å². The van der Waals surface area contributed by atoms with Gasteiger partial charge in [-0.3, -0.25) is 0 Å². The van der Waals surface area contributed by atoms with Crippen molar-refractivity contribution in [2.24, 2.45) is 0 Å². The molecule has 0 bridgehead atoms. The molecule has 0 aromatic rings. The van der Waals surface area contributed by atoms with Crippen molar-refractivity contribution in [2.75, 3.05) is 6.61 Å². The molecular weight excluding hydrogens is 304 g/mol. The molecule has 0 unspecified atom stereocenters. The lowest BCUT2D eigenvalue weighted by Crippen LogP contribution is -2.49. The Labute approximate surface area is 141 Å². The lowest BCUT2D eigenvalue weighted by Gasteiger charge is -2.42. The van der Waals surface area contributed by atoms with E-state index in [1.165, 1.54) is 18.1 Å². The van der Waals surface area contributed by atoms with Gasteiger partial charge in [0, 0.05) is 13.0 Å². The Morgan fingerprint density at radius 1 is 0.955 bits per heavy atom. The van der Waals surface area contributed by atoms with Gasteiger partial charge in [-0.15, -0.1) is 6.42 Å². The molecule has 0 N–H and O–H groups in total. The van der Waals surface area contributed by atoms with E-state index >= 15 is 0 Å². The van der Waals surface area contributed by atoms with E-state index in [-0.39, 0.29) is 5.04 Å². The van der Waals surface area contributed by atoms with Crippen molar-refractivity contribution < 1.29 is 8.85 Å². The summed E-state index contributed by atoms with van der Waals surface area (Å²) in [6.45, 7) is 20.8. The lowest BCUT2D eigenvalue weighted by atomic mass is 10.1. The largest absolute Gasteiger partial charge is 0.417 e. The van der Waals surface area contributed by atoms with Gasteiger partial charge in [0.25, 0.3) is 0 Å². The summed E-state index contributed by atoms with van der Waals surface area (Å²) in [6.07, 6.45) is 6.59. The first-order valence-electron chi connectivity index (χ1n) is 8.73. The third-order valence-corrected chi connectivity index (χ3v) is 14.8. The highest BCUT2D eigenvalue weighted by molar-refractivity contribution is 6.74. The summed E-state index contributed by atoms with van der Waals surface area (Å²) in [5, 5.41) is 0.167. The van der Waals surface area contributed by atoms with Gasteiger partial charge in [-0.25, -0.2) is 0 Å². The zero-order valence-electron chi connectivity index (χ0n) is 16.4. The Hall–Kier alpha value is -0.0862. The molecule has 0 aliphatic carbocycles. The molecule has 0 fully saturated rings. The minimum Gasteiger partial charge on any atom is -0.417 e. The molecule has 2 nitrogen and oxygen atoms in total. The smallest absolute Gasteiger partial charge is 0.194 e. The van der Waals surface area contributed by atoms with Gasteiger partial charge in [0.2, 0.25) is 0 Å². The summed E-state index contributed by atoms with van der Waals surface area (Å²) >= 11 is 0. The Balaban J connectivity index is 4.83. The standard InChI is InChI=1S/C18H38O2Si2/c1-11-18(8,20-21(9,10)17(5,6)7)15-16-19-22(12-2,13-3)14-4/h1H,12-16H2,2-10H3/t18-/m0/s1.